The number of nitrogens with zero attached hydrogens (tertiary/aromatic N) is 1. The topological polar surface area (TPSA) is 15.3 Å². The van der Waals surface area contributed by atoms with Crippen LogP contribution in [0, 0.1) is 0 Å². The molecule has 0 unspecified atom stereocenters. The van der Waals surface area contributed by atoms with Crippen molar-refractivity contribution in [3.8, 4) is 0 Å². The van der Waals surface area contributed by atoms with Crippen LogP contribution in [0.1, 0.15) is 0 Å². The predicted molar refractivity (Wildman–Crippen MR) is 110 cm³/mol. The van der Waals surface area contributed by atoms with Gasteiger partial charge in [-0.1, -0.05) is 11.8 Å². The number of alkyl halides is 3. The summed E-state index contributed by atoms with van der Waals surface area (Å²) in [7, 11) is 0. The molecule has 0 saturated carbocycles. The molecule has 0 aromatic heterocycles. The molecule has 0 fully saturated rings. The molecule has 24 heavy (non-hydrogen) atoms. The number of rotatable bonds is 10. The highest BCUT2D eigenvalue weighted by Crippen LogP contribution is 2.30. The second-order valence-corrected chi connectivity index (χ2v) is 7.38. The Bertz CT molecular complexity index is 584. The molecule has 0 aliphatic carbocycles. The second-order valence-electron chi connectivity index (χ2n) is 5.10. The number of benzene rings is 2. The summed E-state index contributed by atoms with van der Waals surface area (Å²) in [5, 5.41) is 3.26. The van der Waals surface area contributed by atoms with Crippen LogP contribution in [0.15, 0.2) is 58.3 Å². The molecule has 2 rings (SSSR count). The van der Waals surface area contributed by atoms with Crippen LogP contribution >= 0.6 is 46.6 Å². The summed E-state index contributed by atoms with van der Waals surface area (Å²) in [6, 6.07) is 16.9. The van der Waals surface area contributed by atoms with Gasteiger partial charge in [-0.15, -0.1) is 34.8 Å². The van der Waals surface area contributed by atoms with Crippen LogP contribution in [0.2, 0.25) is 0 Å². The molecule has 130 valence electrons. The third kappa shape index (κ3) is 6.29. The molecule has 1 N–H and O–H groups in total. The molecule has 0 heterocycles. The summed E-state index contributed by atoms with van der Waals surface area (Å²) in [6.07, 6.45) is 0. The number of hydrogen-bond donors (Lipinski definition) is 1. The lowest BCUT2D eigenvalue weighted by Crippen LogP contribution is -2.27. The Hall–Kier alpha value is -0.740. The minimum atomic E-state index is 0.595. The number of anilines is 2. The first-order valence-electron chi connectivity index (χ1n) is 7.81. The fourth-order valence-electron chi connectivity index (χ4n) is 2.27. The highest BCUT2D eigenvalue weighted by molar-refractivity contribution is 7.99. The Labute approximate surface area is 163 Å². The van der Waals surface area contributed by atoms with Crippen molar-refractivity contribution in [3.63, 3.8) is 0 Å². The molecule has 6 heteroatoms. The zero-order chi connectivity index (χ0) is 17.2. The van der Waals surface area contributed by atoms with Crippen LogP contribution in [0.3, 0.4) is 0 Å². The molecule has 2 aromatic carbocycles. The van der Waals surface area contributed by atoms with Gasteiger partial charge in [-0.3, -0.25) is 0 Å². The number of halogens is 3. The minimum absolute atomic E-state index is 0.595. The van der Waals surface area contributed by atoms with Crippen molar-refractivity contribution in [2.45, 2.75) is 9.79 Å². The van der Waals surface area contributed by atoms with E-state index in [1.807, 2.05) is 0 Å². The molecule has 2 nitrogen and oxygen atoms in total. The normalized spacial score (nSPS) is 10.6. The molecule has 0 radical (unpaired) electrons. The molecule has 0 aliphatic rings. The summed E-state index contributed by atoms with van der Waals surface area (Å²) >= 11 is 19.1. The molecule has 0 saturated heterocycles. The Morgan fingerprint density at radius 2 is 1.29 bits per heavy atom. The summed E-state index contributed by atoms with van der Waals surface area (Å²) < 4.78 is 0. The average molecular weight is 404 g/mol. The average Bonchev–Trinajstić information content (AvgIpc) is 2.62. The van der Waals surface area contributed by atoms with Crippen LogP contribution in [0.4, 0.5) is 11.4 Å². The summed E-state index contributed by atoms with van der Waals surface area (Å²) in [6.45, 7) is 2.38. The molecule has 0 bridgehead atoms. The van der Waals surface area contributed by atoms with Gasteiger partial charge < -0.3 is 10.2 Å². The predicted octanol–water partition coefficient (Wildman–Crippen LogP) is 5.77. The van der Waals surface area contributed by atoms with Gasteiger partial charge in [0.05, 0.1) is 0 Å². The van der Waals surface area contributed by atoms with Crippen molar-refractivity contribution in [2.75, 3.05) is 47.5 Å². The minimum Gasteiger partial charge on any atom is -0.384 e. The van der Waals surface area contributed by atoms with Gasteiger partial charge in [0.25, 0.3) is 0 Å². The van der Waals surface area contributed by atoms with Gasteiger partial charge in [-0.05, 0) is 48.5 Å². The first-order chi connectivity index (χ1) is 11.8. The van der Waals surface area contributed by atoms with E-state index in [-0.39, 0.29) is 0 Å². The van der Waals surface area contributed by atoms with Crippen molar-refractivity contribution >= 4 is 57.9 Å². The molecule has 0 amide bonds. The van der Waals surface area contributed by atoms with Gasteiger partial charge in [-0.2, -0.15) is 0 Å². The Morgan fingerprint density at radius 3 is 1.79 bits per heavy atom. The van der Waals surface area contributed by atoms with E-state index in [1.54, 1.807) is 11.8 Å². The van der Waals surface area contributed by atoms with Crippen LogP contribution in [-0.2, 0) is 0 Å². The van der Waals surface area contributed by atoms with Crippen LogP contribution in [0.25, 0.3) is 0 Å². The maximum Gasteiger partial charge on any atom is 0.0399 e. The van der Waals surface area contributed by atoms with Crippen molar-refractivity contribution in [2.24, 2.45) is 0 Å². The van der Waals surface area contributed by atoms with E-state index in [0.29, 0.717) is 17.6 Å². The van der Waals surface area contributed by atoms with Gasteiger partial charge in [0.2, 0.25) is 0 Å². The Kier molecular flexibility index (Phi) is 8.97. The number of nitrogens with one attached hydrogen (secondary N) is 1. The third-order valence-corrected chi connectivity index (χ3v) is 4.97. The van der Waals surface area contributed by atoms with Gasteiger partial charge in [0, 0.05) is 58.4 Å². The SMILES string of the molecule is ClCCNc1ccc(Sc2ccc(N(CCCl)CCCl)cc2)cc1. The highest BCUT2D eigenvalue weighted by Gasteiger charge is 2.06. The van der Waals surface area contributed by atoms with Crippen LogP contribution in [0.5, 0.6) is 0 Å². The largest absolute Gasteiger partial charge is 0.384 e. The maximum absolute atomic E-state index is 5.86. The molecular formula is C18H21Cl3N2S. The lowest BCUT2D eigenvalue weighted by molar-refractivity contribution is 0.873. The highest BCUT2D eigenvalue weighted by atomic mass is 35.5. The van der Waals surface area contributed by atoms with Crippen molar-refractivity contribution in [3.05, 3.63) is 48.5 Å². The van der Waals surface area contributed by atoms with Gasteiger partial charge >= 0.3 is 0 Å². The number of hydrogen-bond acceptors (Lipinski definition) is 3. The molecule has 0 atom stereocenters. The molecular weight excluding hydrogens is 383 g/mol. The quantitative estimate of drug-likeness (QED) is 0.507. The van der Waals surface area contributed by atoms with Crippen molar-refractivity contribution in [1.29, 1.82) is 0 Å². The van der Waals surface area contributed by atoms with E-state index in [1.165, 1.54) is 9.79 Å². The van der Waals surface area contributed by atoms with Crippen molar-refractivity contribution < 1.29 is 0 Å². The zero-order valence-electron chi connectivity index (χ0n) is 13.4. The van der Waals surface area contributed by atoms with E-state index in [0.717, 1.165) is 31.0 Å². The van der Waals surface area contributed by atoms with Gasteiger partial charge in [0.1, 0.15) is 0 Å². The van der Waals surface area contributed by atoms with E-state index in [9.17, 15) is 0 Å². The van der Waals surface area contributed by atoms with Gasteiger partial charge in [-0.25, -0.2) is 0 Å². The lowest BCUT2D eigenvalue weighted by atomic mass is 10.3. The summed E-state index contributed by atoms with van der Waals surface area (Å²) in [5.74, 6) is 1.79. The lowest BCUT2D eigenvalue weighted by Gasteiger charge is -2.23. The monoisotopic (exact) mass is 402 g/mol. The van der Waals surface area contributed by atoms with E-state index >= 15 is 0 Å². The molecule has 2 aromatic rings. The van der Waals surface area contributed by atoms with E-state index < -0.39 is 0 Å². The van der Waals surface area contributed by atoms with E-state index in [2.05, 4.69) is 58.7 Å². The Morgan fingerprint density at radius 1 is 0.750 bits per heavy atom. The van der Waals surface area contributed by atoms with Crippen LogP contribution < -0.4 is 10.2 Å². The van der Waals surface area contributed by atoms with Gasteiger partial charge in [0.15, 0.2) is 0 Å². The molecule has 0 spiro atoms. The first-order valence-corrected chi connectivity index (χ1v) is 10.2. The standard InChI is InChI=1S/C18H21Cl3N2S/c19-9-12-22-15-1-5-17(6-2-15)24-18-7-3-16(4-8-18)23(13-10-20)14-11-21/h1-8,22H,9-14H2. The van der Waals surface area contributed by atoms with Crippen molar-refractivity contribution in [1.82, 2.24) is 0 Å². The zero-order valence-corrected chi connectivity index (χ0v) is 16.4. The first kappa shape index (κ1) is 19.6. The summed E-state index contributed by atoms with van der Waals surface area (Å²) in [4.78, 5) is 4.61. The second kappa shape index (κ2) is 11.0. The third-order valence-electron chi connectivity index (χ3n) is 3.42. The maximum atomic E-state index is 5.86. The smallest absolute Gasteiger partial charge is 0.0399 e. The van der Waals surface area contributed by atoms with Crippen LogP contribution in [-0.4, -0.2) is 37.3 Å². The fourth-order valence-corrected chi connectivity index (χ4v) is 3.59. The Balaban J connectivity index is 1.97. The van der Waals surface area contributed by atoms with E-state index in [4.69, 9.17) is 34.8 Å². The summed E-state index contributed by atoms with van der Waals surface area (Å²) in [5.41, 5.74) is 2.24. The fraction of sp³-hybridized carbons (Fsp3) is 0.333. The molecule has 0 aliphatic heterocycles.